The summed E-state index contributed by atoms with van der Waals surface area (Å²) in [5, 5.41) is 9.34. The monoisotopic (exact) mass is 272 g/mol. The maximum atomic E-state index is 12.4. The molecule has 0 saturated heterocycles. The Bertz CT molecular complexity index is 395. The van der Waals surface area contributed by atoms with Crippen molar-refractivity contribution in [3.8, 4) is 0 Å². The van der Waals surface area contributed by atoms with Crippen molar-refractivity contribution in [3.05, 3.63) is 35.4 Å². The third-order valence-corrected chi connectivity index (χ3v) is 2.40. The first-order valence-corrected chi connectivity index (χ1v) is 4.91. The van der Waals surface area contributed by atoms with E-state index in [0.29, 0.717) is 5.56 Å². The summed E-state index contributed by atoms with van der Waals surface area (Å²) < 4.78 is 74.2. The van der Waals surface area contributed by atoms with E-state index in [2.05, 4.69) is 0 Å². The molecule has 0 aliphatic heterocycles. The van der Waals surface area contributed by atoms with Gasteiger partial charge < -0.3 is 5.11 Å². The molecule has 0 aliphatic carbocycles. The second kappa shape index (κ2) is 4.79. The van der Waals surface area contributed by atoms with E-state index in [4.69, 9.17) is 0 Å². The summed E-state index contributed by atoms with van der Waals surface area (Å²) in [6.07, 6.45) is -13.8. The lowest BCUT2D eigenvalue weighted by Gasteiger charge is -2.27. The fraction of sp³-hybridized carbons (Fsp3) is 0.455. The molecule has 7 heteroatoms. The molecule has 1 aromatic carbocycles. The zero-order valence-corrected chi connectivity index (χ0v) is 9.18. The normalized spacial score (nSPS) is 14.9. The van der Waals surface area contributed by atoms with Gasteiger partial charge in [0.15, 0.2) is 5.92 Å². The first-order chi connectivity index (χ1) is 8.03. The second-order valence-corrected chi connectivity index (χ2v) is 3.92. The molecule has 18 heavy (non-hydrogen) atoms. The lowest BCUT2D eigenvalue weighted by Crippen LogP contribution is -2.40. The van der Waals surface area contributed by atoms with Crippen LogP contribution >= 0.6 is 0 Å². The van der Waals surface area contributed by atoms with Gasteiger partial charge in [-0.25, -0.2) is 0 Å². The van der Waals surface area contributed by atoms with Crippen LogP contribution in [0.3, 0.4) is 0 Å². The van der Waals surface area contributed by atoms with Crippen LogP contribution in [0.1, 0.15) is 17.2 Å². The molecule has 0 fully saturated rings. The van der Waals surface area contributed by atoms with Gasteiger partial charge in [-0.15, -0.1) is 0 Å². The minimum atomic E-state index is -5.55. The van der Waals surface area contributed by atoms with Gasteiger partial charge in [-0.1, -0.05) is 29.8 Å². The summed E-state index contributed by atoms with van der Waals surface area (Å²) in [4.78, 5) is 0. The van der Waals surface area contributed by atoms with Crippen molar-refractivity contribution in [2.75, 3.05) is 0 Å². The van der Waals surface area contributed by atoms with E-state index in [1.807, 2.05) is 0 Å². The molecule has 0 heterocycles. The number of aryl methyl sites for hydroxylation is 1. The Labute approximate surface area is 99.0 Å². The Kier molecular flexibility index (Phi) is 3.95. The van der Waals surface area contributed by atoms with Gasteiger partial charge in [-0.05, 0) is 12.5 Å². The van der Waals surface area contributed by atoms with Crippen molar-refractivity contribution in [1.29, 1.82) is 0 Å². The Morgan fingerprint density at radius 2 is 1.50 bits per heavy atom. The Hall–Kier alpha value is -1.24. The van der Waals surface area contributed by atoms with Crippen LogP contribution in [0.5, 0.6) is 0 Å². The quantitative estimate of drug-likeness (QED) is 0.812. The van der Waals surface area contributed by atoms with Gasteiger partial charge in [-0.2, -0.15) is 26.3 Å². The predicted octanol–water partition coefficient (Wildman–Crippen LogP) is 3.77. The minimum Gasteiger partial charge on any atom is -0.387 e. The summed E-state index contributed by atoms with van der Waals surface area (Å²) in [5.74, 6) is -3.79. The molecule has 0 bridgehead atoms. The number of aliphatic hydroxyl groups excluding tert-OH is 1. The van der Waals surface area contributed by atoms with Gasteiger partial charge in [0.1, 0.15) is 0 Å². The molecule has 1 rings (SSSR count). The van der Waals surface area contributed by atoms with Crippen LogP contribution < -0.4 is 0 Å². The fourth-order valence-corrected chi connectivity index (χ4v) is 1.59. The average molecular weight is 272 g/mol. The zero-order chi connectivity index (χ0) is 14.1. The summed E-state index contributed by atoms with van der Waals surface area (Å²) in [7, 11) is 0. The first-order valence-electron chi connectivity index (χ1n) is 4.91. The zero-order valence-electron chi connectivity index (χ0n) is 9.18. The van der Waals surface area contributed by atoms with Gasteiger partial charge in [0.05, 0.1) is 6.10 Å². The maximum Gasteiger partial charge on any atom is 0.403 e. The maximum absolute atomic E-state index is 12.4. The largest absolute Gasteiger partial charge is 0.403 e. The summed E-state index contributed by atoms with van der Waals surface area (Å²) in [6, 6.07) is 4.92. The SMILES string of the molecule is Cc1cccc(C(O)C(C(F)(F)F)C(F)(F)F)c1. The van der Waals surface area contributed by atoms with E-state index < -0.39 is 29.9 Å². The van der Waals surface area contributed by atoms with E-state index in [9.17, 15) is 31.4 Å². The van der Waals surface area contributed by atoms with E-state index in [1.54, 1.807) is 0 Å². The molecule has 0 amide bonds. The van der Waals surface area contributed by atoms with Crippen molar-refractivity contribution in [1.82, 2.24) is 0 Å². The van der Waals surface area contributed by atoms with Crippen LogP contribution in [0.15, 0.2) is 24.3 Å². The Balaban J connectivity index is 3.15. The van der Waals surface area contributed by atoms with E-state index in [0.717, 1.165) is 12.1 Å². The van der Waals surface area contributed by atoms with Crippen LogP contribution in [0.4, 0.5) is 26.3 Å². The molecule has 0 aliphatic rings. The van der Waals surface area contributed by atoms with Crippen molar-refractivity contribution in [2.45, 2.75) is 25.4 Å². The van der Waals surface area contributed by atoms with Gasteiger partial charge in [0.2, 0.25) is 0 Å². The smallest absolute Gasteiger partial charge is 0.387 e. The van der Waals surface area contributed by atoms with Crippen LogP contribution in [-0.2, 0) is 0 Å². The first kappa shape index (κ1) is 14.8. The molecule has 1 nitrogen and oxygen atoms in total. The molecule has 1 aromatic rings. The average Bonchev–Trinajstić information content (AvgIpc) is 2.12. The van der Waals surface area contributed by atoms with Gasteiger partial charge in [0.25, 0.3) is 0 Å². The topological polar surface area (TPSA) is 20.2 Å². The van der Waals surface area contributed by atoms with Crippen LogP contribution in [0, 0.1) is 12.8 Å². The number of halogens is 6. The third kappa shape index (κ3) is 3.38. The molecule has 0 spiro atoms. The van der Waals surface area contributed by atoms with Crippen molar-refractivity contribution in [3.63, 3.8) is 0 Å². The predicted molar refractivity (Wildman–Crippen MR) is 51.7 cm³/mol. The number of alkyl halides is 6. The highest BCUT2D eigenvalue weighted by atomic mass is 19.4. The van der Waals surface area contributed by atoms with E-state index in [-0.39, 0.29) is 0 Å². The third-order valence-electron chi connectivity index (χ3n) is 2.40. The lowest BCUT2D eigenvalue weighted by atomic mass is 9.93. The summed E-state index contributed by atoms with van der Waals surface area (Å²) in [5.41, 5.74) is 0.0595. The molecule has 1 unspecified atom stereocenters. The van der Waals surface area contributed by atoms with Crippen molar-refractivity contribution < 1.29 is 31.4 Å². The summed E-state index contributed by atoms with van der Waals surface area (Å²) in [6.45, 7) is 1.51. The molecular formula is C11H10F6O. The number of aliphatic hydroxyl groups is 1. The van der Waals surface area contributed by atoms with Crippen molar-refractivity contribution >= 4 is 0 Å². The minimum absolute atomic E-state index is 0.408. The van der Waals surface area contributed by atoms with Gasteiger partial charge in [-0.3, -0.25) is 0 Å². The lowest BCUT2D eigenvalue weighted by molar-refractivity contribution is -0.307. The van der Waals surface area contributed by atoms with E-state index in [1.165, 1.54) is 19.1 Å². The highest BCUT2D eigenvalue weighted by Gasteiger charge is 2.60. The molecule has 0 saturated carbocycles. The molecule has 1 N–H and O–H groups in total. The second-order valence-electron chi connectivity index (χ2n) is 3.92. The number of hydrogen-bond acceptors (Lipinski definition) is 1. The van der Waals surface area contributed by atoms with Crippen LogP contribution in [-0.4, -0.2) is 17.5 Å². The number of rotatable bonds is 2. The molecule has 102 valence electrons. The molecule has 0 aromatic heterocycles. The molecule has 1 atom stereocenters. The highest BCUT2D eigenvalue weighted by molar-refractivity contribution is 5.25. The molecule has 0 radical (unpaired) electrons. The van der Waals surface area contributed by atoms with Gasteiger partial charge >= 0.3 is 12.4 Å². The number of benzene rings is 1. The number of hydrogen-bond donors (Lipinski definition) is 1. The highest BCUT2D eigenvalue weighted by Crippen LogP contribution is 2.46. The van der Waals surface area contributed by atoms with Gasteiger partial charge in [0, 0.05) is 0 Å². The van der Waals surface area contributed by atoms with Crippen LogP contribution in [0.25, 0.3) is 0 Å². The van der Waals surface area contributed by atoms with E-state index >= 15 is 0 Å². The fourth-order valence-electron chi connectivity index (χ4n) is 1.59. The summed E-state index contributed by atoms with van der Waals surface area (Å²) >= 11 is 0. The molecular weight excluding hydrogens is 262 g/mol. The van der Waals surface area contributed by atoms with Crippen molar-refractivity contribution in [2.24, 2.45) is 5.92 Å². The standard InChI is InChI=1S/C11H10F6O/c1-6-3-2-4-7(5-6)8(18)9(10(12,13)14)11(15,16)17/h2-5,8-9,18H,1H3. The Morgan fingerprint density at radius 1 is 1.00 bits per heavy atom. The van der Waals surface area contributed by atoms with Crippen LogP contribution in [0.2, 0.25) is 0 Å². The Morgan fingerprint density at radius 3 is 1.89 bits per heavy atom.